The number of carbonyl (C=O) groups is 1. The van der Waals surface area contributed by atoms with Crippen molar-refractivity contribution in [3.8, 4) is 16.9 Å². The number of nitrogens with zero attached hydrogens (tertiary/aromatic N) is 4. The number of halogens is 2. The summed E-state index contributed by atoms with van der Waals surface area (Å²) in [7, 11) is 0. The maximum absolute atomic E-state index is 13.5. The summed E-state index contributed by atoms with van der Waals surface area (Å²) in [6, 6.07) is 8.21. The molecule has 1 fully saturated rings. The van der Waals surface area contributed by atoms with Crippen molar-refractivity contribution in [2.75, 3.05) is 31.1 Å². The van der Waals surface area contributed by atoms with Gasteiger partial charge in [0.05, 0.1) is 5.52 Å². The Bertz CT molecular complexity index is 1130. The molecule has 1 amide bonds. The maximum atomic E-state index is 13.5. The number of anilines is 1. The minimum atomic E-state index is -0.721. The normalized spacial score (nSPS) is 14.2. The molecule has 1 N–H and O–H groups in total. The van der Waals surface area contributed by atoms with Gasteiger partial charge in [-0.3, -0.25) is 4.79 Å². The third kappa shape index (κ3) is 3.57. The van der Waals surface area contributed by atoms with Crippen molar-refractivity contribution < 1.29 is 14.3 Å². The molecule has 2 heterocycles. The van der Waals surface area contributed by atoms with Crippen molar-refractivity contribution in [1.82, 2.24) is 14.9 Å². The molecule has 1 aliphatic rings. The minimum Gasteiger partial charge on any atom is -0.507 e. The van der Waals surface area contributed by atoms with Gasteiger partial charge in [-0.1, -0.05) is 30.3 Å². The predicted molar refractivity (Wildman–Crippen MR) is 115 cm³/mol. The highest BCUT2D eigenvalue weighted by Crippen LogP contribution is 2.40. The smallest absolute Gasteiger partial charge is 0.246 e. The molecular formula is C22H20ClFN4O2. The number of phenols is 1. The fourth-order valence-corrected chi connectivity index (χ4v) is 4.04. The average Bonchev–Trinajstić information content (AvgIpc) is 2.78. The summed E-state index contributed by atoms with van der Waals surface area (Å²) in [6.07, 6.45) is 2.79. The lowest BCUT2D eigenvalue weighted by atomic mass is 9.97. The van der Waals surface area contributed by atoms with E-state index in [-0.39, 0.29) is 11.7 Å². The van der Waals surface area contributed by atoms with Crippen molar-refractivity contribution in [3.63, 3.8) is 0 Å². The third-order valence-electron chi connectivity index (χ3n) is 5.31. The number of amides is 1. The first-order valence-corrected chi connectivity index (χ1v) is 9.89. The summed E-state index contributed by atoms with van der Waals surface area (Å²) in [5, 5.41) is 11.4. The Morgan fingerprint density at radius 1 is 1.23 bits per heavy atom. The number of hydrogen-bond donors (Lipinski definition) is 1. The van der Waals surface area contributed by atoms with E-state index in [0.29, 0.717) is 53.4 Å². The zero-order valence-corrected chi connectivity index (χ0v) is 16.9. The van der Waals surface area contributed by atoms with Crippen LogP contribution in [0.15, 0.2) is 49.3 Å². The Balaban J connectivity index is 1.74. The van der Waals surface area contributed by atoms with E-state index in [9.17, 15) is 14.3 Å². The molecule has 1 saturated heterocycles. The molecular weight excluding hydrogens is 407 g/mol. The summed E-state index contributed by atoms with van der Waals surface area (Å²) in [4.78, 5) is 24.4. The van der Waals surface area contributed by atoms with Crippen LogP contribution >= 0.6 is 11.6 Å². The van der Waals surface area contributed by atoms with Crippen LogP contribution in [-0.2, 0) is 11.5 Å². The fraction of sp³-hybridized carbons (Fsp3) is 0.227. The number of fused-ring (bicyclic) bond motifs is 1. The number of phenolic OH excluding ortho intramolecular Hbond substituents is 1. The van der Waals surface area contributed by atoms with Gasteiger partial charge in [-0.2, -0.15) is 0 Å². The summed E-state index contributed by atoms with van der Waals surface area (Å²) in [6.45, 7) is 5.19. The molecule has 0 saturated carbocycles. The molecule has 1 aliphatic heterocycles. The van der Waals surface area contributed by atoms with E-state index in [2.05, 4.69) is 21.4 Å². The van der Waals surface area contributed by atoms with Gasteiger partial charge in [0, 0.05) is 47.7 Å². The van der Waals surface area contributed by atoms with E-state index >= 15 is 0 Å². The van der Waals surface area contributed by atoms with Crippen molar-refractivity contribution in [2.24, 2.45) is 0 Å². The highest BCUT2D eigenvalue weighted by atomic mass is 35.5. The minimum absolute atomic E-state index is 0.0383. The Kier molecular flexibility index (Phi) is 5.55. The van der Waals surface area contributed by atoms with Crippen LogP contribution < -0.4 is 4.90 Å². The van der Waals surface area contributed by atoms with E-state index in [0.717, 1.165) is 11.2 Å². The molecule has 0 bridgehead atoms. The number of carbonyl (C=O) groups excluding carboxylic acids is 1. The van der Waals surface area contributed by atoms with Crippen LogP contribution in [0.1, 0.15) is 5.56 Å². The molecule has 0 spiro atoms. The molecule has 0 atom stereocenters. The van der Waals surface area contributed by atoms with Gasteiger partial charge < -0.3 is 14.9 Å². The molecule has 6 nitrogen and oxygen atoms in total. The first-order chi connectivity index (χ1) is 14.5. The first kappa shape index (κ1) is 20.1. The number of aromatic hydroxyl groups is 1. The lowest BCUT2D eigenvalue weighted by Crippen LogP contribution is -2.48. The number of benzene rings is 2. The standard InChI is InChI=1S/C22H20ClFN4O2/c1-2-20(30)27-6-8-28(9-7-27)22-16-10-17(23)15(11-18(16)25-13-26-22)21-14(12-24)4-3-5-19(21)29/h2-5,10-11,13,29H,1,6-9,12H2. The van der Waals surface area contributed by atoms with Crippen molar-refractivity contribution in [2.45, 2.75) is 6.67 Å². The maximum Gasteiger partial charge on any atom is 0.246 e. The predicted octanol–water partition coefficient (Wildman–Crippen LogP) is 3.96. The molecule has 0 radical (unpaired) electrons. The quantitative estimate of drug-likeness (QED) is 0.639. The van der Waals surface area contributed by atoms with Gasteiger partial charge in [-0.25, -0.2) is 14.4 Å². The summed E-state index contributed by atoms with van der Waals surface area (Å²) < 4.78 is 13.5. The second-order valence-electron chi connectivity index (χ2n) is 7.01. The Hall–Kier alpha value is -3.19. The van der Waals surface area contributed by atoms with Crippen molar-refractivity contribution in [3.05, 3.63) is 59.9 Å². The van der Waals surface area contributed by atoms with Crippen molar-refractivity contribution >= 4 is 34.2 Å². The summed E-state index contributed by atoms with van der Waals surface area (Å²) >= 11 is 6.56. The zero-order chi connectivity index (χ0) is 21.3. The van der Waals surface area contributed by atoms with Gasteiger partial charge in [0.1, 0.15) is 24.6 Å². The highest BCUT2D eigenvalue weighted by Gasteiger charge is 2.23. The van der Waals surface area contributed by atoms with E-state index in [4.69, 9.17) is 11.6 Å². The number of aromatic nitrogens is 2. The number of alkyl halides is 1. The number of piperazine rings is 1. The molecule has 2 aromatic carbocycles. The zero-order valence-electron chi connectivity index (χ0n) is 16.2. The van der Waals surface area contributed by atoms with E-state index in [1.807, 2.05) is 0 Å². The van der Waals surface area contributed by atoms with Crippen molar-refractivity contribution in [1.29, 1.82) is 0 Å². The van der Waals surface area contributed by atoms with Gasteiger partial charge in [0.2, 0.25) is 5.91 Å². The van der Waals surface area contributed by atoms with Crippen LogP contribution in [0.5, 0.6) is 5.75 Å². The molecule has 154 valence electrons. The first-order valence-electron chi connectivity index (χ1n) is 9.51. The Morgan fingerprint density at radius 2 is 2.00 bits per heavy atom. The van der Waals surface area contributed by atoms with Crippen LogP contribution in [0.25, 0.3) is 22.0 Å². The Labute approximate surface area is 178 Å². The second-order valence-corrected chi connectivity index (χ2v) is 7.42. The molecule has 8 heteroatoms. The van der Waals surface area contributed by atoms with Gasteiger partial charge in [-0.05, 0) is 29.8 Å². The molecule has 4 rings (SSSR count). The Morgan fingerprint density at radius 3 is 2.70 bits per heavy atom. The van der Waals surface area contributed by atoms with E-state index < -0.39 is 6.67 Å². The highest BCUT2D eigenvalue weighted by molar-refractivity contribution is 6.34. The summed E-state index contributed by atoms with van der Waals surface area (Å²) in [5.41, 5.74) is 1.87. The molecule has 3 aromatic rings. The third-order valence-corrected chi connectivity index (χ3v) is 5.62. The van der Waals surface area contributed by atoms with Gasteiger partial charge in [0.15, 0.2) is 0 Å². The SMILES string of the molecule is C=CC(=O)N1CCN(c2ncnc3cc(-c4c(O)cccc4CF)c(Cl)cc23)CC1. The molecule has 1 aromatic heterocycles. The molecule has 30 heavy (non-hydrogen) atoms. The second kappa shape index (κ2) is 8.28. The molecule has 0 aliphatic carbocycles. The average molecular weight is 427 g/mol. The molecule has 0 unspecified atom stereocenters. The lowest BCUT2D eigenvalue weighted by Gasteiger charge is -2.35. The summed E-state index contributed by atoms with van der Waals surface area (Å²) in [5.74, 6) is 0.604. The largest absolute Gasteiger partial charge is 0.507 e. The number of hydrogen-bond acceptors (Lipinski definition) is 5. The monoisotopic (exact) mass is 426 g/mol. The van der Waals surface area contributed by atoms with E-state index in [1.165, 1.54) is 18.5 Å². The van der Waals surface area contributed by atoms with Gasteiger partial charge in [0.25, 0.3) is 0 Å². The van der Waals surface area contributed by atoms with Crippen LogP contribution in [0, 0.1) is 0 Å². The topological polar surface area (TPSA) is 69.6 Å². The lowest BCUT2D eigenvalue weighted by molar-refractivity contribution is -0.126. The van der Waals surface area contributed by atoms with Crippen LogP contribution in [0.2, 0.25) is 5.02 Å². The van der Waals surface area contributed by atoms with Gasteiger partial charge in [-0.15, -0.1) is 0 Å². The number of rotatable bonds is 4. The fourth-order valence-electron chi connectivity index (χ4n) is 3.78. The van der Waals surface area contributed by atoms with Crippen LogP contribution in [0.3, 0.4) is 0 Å². The van der Waals surface area contributed by atoms with Crippen LogP contribution in [-0.4, -0.2) is 52.1 Å². The van der Waals surface area contributed by atoms with Gasteiger partial charge >= 0.3 is 0 Å². The van der Waals surface area contributed by atoms with E-state index in [1.54, 1.807) is 29.2 Å². The van der Waals surface area contributed by atoms with Crippen LogP contribution in [0.4, 0.5) is 10.2 Å².